The molecule has 0 fully saturated rings. The van der Waals surface area contributed by atoms with Crippen LogP contribution >= 0.6 is 23.2 Å². The maximum absolute atomic E-state index is 11.9. The minimum atomic E-state index is -3.77. The van der Waals surface area contributed by atoms with Crippen molar-refractivity contribution in [2.45, 2.75) is 24.3 Å². The predicted molar refractivity (Wildman–Crippen MR) is 67.5 cm³/mol. The fourth-order valence-electron chi connectivity index (χ4n) is 0.975. The van der Waals surface area contributed by atoms with Crippen LogP contribution in [-0.2, 0) is 10.0 Å². The first-order valence-electron chi connectivity index (χ1n) is 4.51. The number of aromatic nitrogens is 1. The first-order valence-corrected chi connectivity index (χ1v) is 6.75. The van der Waals surface area contributed by atoms with Gasteiger partial charge in [-0.15, -0.1) is 6.42 Å². The van der Waals surface area contributed by atoms with Crippen LogP contribution in [0.25, 0.3) is 0 Å². The van der Waals surface area contributed by atoms with Gasteiger partial charge in [-0.1, -0.05) is 29.1 Å². The van der Waals surface area contributed by atoms with Gasteiger partial charge in [0.05, 0.1) is 10.6 Å². The van der Waals surface area contributed by atoms with Crippen molar-refractivity contribution in [2.75, 3.05) is 0 Å². The van der Waals surface area contributed by atoms with Gasteiger partial charge in [-0.25, -0.2) is 13.4 Å². The number of sulfonamides is 1. The Morgan fingerprint density at radius 2 is 2.06 bits per heavy atom. The van der Waals surface area contributed by atoms with Crippen LogP contribution in [0, 0.1) is 12.3 Å². The molecule has 92 valence electrons. The van der Waals surface area contributed by atoms with Gasteiger partial charge in [0.1, 0.15) is 10.0 Å². The van der Waals surface area contributed by atoms with E-state index >= 15 is 0 Å². The third-order valence-corrected chi connectivity index (χ3v) is 4.14. The number of nitrogens with one attached hydrogen (secondary N) is 1. The molecule has 0 saturated heterocycles. The molecule has 0 aromatic carbocycles. The third-order valence-electron chi connectivity index (χ3n) is 1.83. The normalized spacial score (nSPS) is 12.2. The molecule has 4 nitrogen and oxygen atoms in total. The molecule has 17 heavy (non-hydrogen) atoms. The van der Waals surface area contributed by atoms with Crippen LogP contribution in [0.3, 0.4) is 0 Å². The zero-order chi connectivity index (χ0) is 13.3. The zero-order valence-corrected chi connectivity index (χ0v) is 11.5. The fourth-order valence-corrected chi connectivity index (χ4v) is 2.62. The predicted octanol–water partition coefficient (Wildman–Crippen LogP) is 2.08. The second-order valence-electron chi connectivity index (χ2n) is 3.82. The van der Waals surface area contributed by atoms with Gasteiger partial charge < -0.3 is 0 Å². The van der Waals surface area contributed by atoms with Crippen LogP contribution in [0.1, 0.15) is 13.8 Å². The molecule has 1 rings (SSSR count). The van der Waals surface area contributed by atoms with Crippen LogP contribution in [0.15, 0.2) is 17.2 Å². The van der Waals surface area contributed by atoms with E-state index in [1.807, 2.05) is 0 Å². The first-order chi connectivity index (χ1) is 7.68. The van der Waals surface area contributed by atoms with Gasteiger partial charge in [-0.2, -0.15) is 4.72 Å². The molecule has 0 amide bonds. The quantitative estimate of drug-likeness (QED) is 0.685. The molecule has 0 unspecified atom stereocenters. The van der Waals surface area contributed by atoms with Gasteiger partial charge >= 0.3 is 0 Å². The number of halogens is 2. The Morgan fingerprint density at radius 1 is 1.47 bits per heavy atom. The van der Waals surface area contributed by atoms with Gasteiger partial charge in [-0.05, 0) is 19.9 Å². The van der Waals surface area contributed by atoms with Crippen molar-refractivity contribution in [1.82, 2.24) is 9.71 Å². The molecular formula is C10H10Cl2N2O2S. The lowest BCUT2D eigenvalue weighted by atomic mass is 10.1. The molecule has 0 atom stereocenters. The highest BCUT2D eigenvalue weighted by Crippen LogP contribution is 2.22. The lowest BCUT2D eigenvalue weighted by molar-refractivity contribution is 0.539. The van der Waals surface area contributed by atoms with Crippen molar-refractivity contribution in [3.05, 3.63) is 22.4 Å². The highest BCUT2D eigenvalue weighted by Gasteiger charge is 2.24. The van der Waals surface area contributed by atoms with E-state index in [-0.39, 0.29) is 15.1 Å². The first kappa shape index (κ1) is 14.3. The number of nitrogens with zero attached hydrogens (tertiary/aromatic N) is 1. The summed E-state index contributed by atoms with van der Waals surface area (Å²) in [6.45, 7) is 3.13. The molecule has 0 spiro atoms. The van der Waals surface area contributed by atoms with Crippen LogP contribution in [0.4, 0.5) is 0 Å². The summed E-state index contributed by atoms with van der Waals surface area (Å²) in [5, 5.41) is 0.106. The lowest BCUT2D eigenvalue weighted by Crippen LogP contribution is -2.41. The molecule has 1 heterocycles. The lowest BCUT2D eigenvalue weighted by Gasteiger charge is -2.19. The fraction of sp³-hybridized carbons (Fsp3) is 0.300. The van der Waals surface area contributed by atoms with Crippen LogP contribution in [0.5, 0.6) is 0 Å². The second-order valence-corrected chi connectivity index (χ2v) is 6.27. The summed E-state index contributed by atoms with van der Waals surface area (Å²) in [5.74, 6) is 2.32. The number of hydrogen-bond acceptors (Lipinski definition) is 3. The maximum Gasteiger partial charge on any atom is 0.243 e. The van der Waals surface area contributed by atoms with E-state index in [1.54, 1.807) is 13.8 Å². The van der Waals surface area contributed by atoms with E-state index in [2.05, 4.69) is 15.6 Å². The van der Waals surface area contributed by atoms with E-state index in [9.17, 15) is 8.42 Å². The number of pyridine rings is 1. The smallest absolute Gasteiger partial charge is 0.242 e. The standard InChI is InChI=1S/C10H10Cl2N2O2S/c1-4-10(2,3)14-17(15,16)7-5-8(11)9(12)13-6-7/h1,5-6,14H,2-3H3. The molecule has 0 aliphatic heterocycles. The zero-order valence-electron chi connectivity index (χ0n) is 9.16. The second kappa shape index (κ2) is 4.83. The number of terminal acetylenes is 1. The van der Waals surface area contributed by atoms with Crippen molar-refractivity contribution >= 4 is 33.2 Å². The summed E-state index contributed by atoms with van der Waals surface area (Å²) in [7, 11) is -3.77. The molecule has 1 aromatic rings. The number of hydrogen-bond donors (Lipinski definition) is 1. The van der Waals surface area contributed by atoms with E-state index in [1.165, 1.54) is 6.07 Å². The van der Waals surface area contributed by atoms with Gasteiger partial charge in [-0.3, -0.25) is 0 Å². The molecule has 7 heteroatoms. The minimum Gasteiger partial charge on any atom is -0.242 e. The molecule has 1 N–H and O–H groups in total. The summed E-state index contributed by atoms with van der Waals surface area (Å²) < 4.78 is 26.2. The monoisotopic (exact) mass is 292 g/mol. The van der Waals surface area contributed by atoms with Crippen molar-refractivity contribution in [2.24, 2.45) is 0 Å². The average Bonchev–Trinajstić information content (AvgIpc) is 2.20. The summed E-state index contributed by atoms with van der Waals surface area (Å²) in [5.41, 5.74) is -0.995. The third kappa shape index (κ3) is 3.58. The van der Waals surface area contributed by atoms with Gasteiger partial charge in [0, 0.05) is 6.20 Å². The molecule has 0 radical (unpaired) electrons. The van der Waals surface area contributed by atoms with Crippen molar-refractivity contribution in [1.29, 1.82) is 0 Å². The Hall–Kier alpha value is -0.800. The van der Waals surface area contributed by atoms with Crippen molar-refractivity contribution < 1.29 is 8.42 Å². The van der Waals surface area contributed by atoms with E-state index in [0.717, 1.165) is 6.20 Å². The Morgan fingerprint density at radius 3 is 2.53 bits per heavy atom. The Balaban J connectivity index is 3.16. The summed E-state index contributed by atoms with van der Waals surface area (Å²) in [4.78, 5) is 3.58. The molecule has 1 aromatic heterocycles. The van der Waals surface area contributed by atoms with Crippen LogP contribution < -0.4 is 4.72 Å². The highest BCUT2D eigenvalue weighted by atomic mass is 35.5. The van der Waals surface area contributed by atoms with Crippen molar-refractivity contribution in [3.63, 3.8) is 0 Å². The minimum absolute atomic E-state index is 0.0434. The molecule has 0 saturated carbocycles. The largest absolute Gasteiger partial charge is 0.243 e. The summed E-state index contributed by atoms with van der Waals surface area (Å²) >= 11 is 11.3. The molecule has 0 bridgehead atoms. The van der Waals surface area contributed by atoms with Crippen LogP contribution in [0.2, 0.25) is 10.2 Å². The Kier molecular flexibility index (Phi) is 4.05. The average molecular weight is 293 g/mol. The highest BCUT2D eigenvalue weighted by molar-refractivity contribution is 7.89. The van der Waals surface area contributed by atoms with Gasteiger partial charge in [0.2, 0.25) is 10.0 Å². The van der Waals surface area contributed by atoms with E-state index in [0.29, 0.717) is 0 Å². The van der Waals surface area contributed by atoms with E-state index in [4.69, 9.17) is 29.6 Å². The SMILES string of the molecule is C#CC(C)(C)NS(=O)(=O)c1cnc(Cl)c(Cl)c1. The van der Waals surface area contributed by atoms with Crippen LogP contribution in [-0.4, -0.2) is 18.9 Å². The van der Waals surface area contributed by atoms with E-state index < -0.39 is 15.6 Å². The summed E-state index contributed by atoms with van der Waals surface area (Å²) in [6.07, 6.45) is 6.32. The van der Waals surface area contributed by atoms with Crippen molar-refractivity contribution in [3.8, 4) is 12.3 Å². The Bertz CT molecular complexity index is 576. The van der Waals surface area contributed by atoms with Gasteiger partial charge in [0.15, 0.2) is 0 Å². The maximum atomic E-state index is 11.9. The number of rotatable bonds is 3. The summed E-state index contributed by atoms with van der Waals surface area (Å²) in [6, 6.07) is 1.21. The topological polar surface area (TPSA) is 59.1 Å². The van der Waals surface area contributed by atoms with Gasteiger partial charge in [0.25, 0.3) is 0 Å². The molecule has 0 aliphatic carbocycles. The molecular weight excluding hydrogens is 283 g/mol. The Labute approximate surface area is 110 Å². The molecule has 0 aliphatic rings.